The van der Waals surface area contributed by atoms with Crippen LogP contribution in [0, 0.1) is 0 Å². The van der Waals surface area contributed by atoms with Crippen LogP contribution >= 0.6 is 0 Å². The first kappa shape index (κ1) is 27.9. The Morgan fingerprint density at radius 2 is 2.10 bits per heavy atom. The summed E-state index contributed by atoms with van der Waals surface area (Å²) in [7, 11) is 1.41. The fourth-order valence-corrected chi connectivity index (χ4v) is 4.71. The molecule has 3 amide bonds. The second-order valence-electron chi connectivity index (χ2n) is 9.98. The van der Waals surface area contributed by atoms with Crippen LogP contribution in [0.25, 0.3) is 11.1 Å². The number of benzene rings is 1. The van der Waals surface area contributed by atoms with E-state index in [1.54, 1.807) is 18.2 Å². The van der Waals surface area contributed by atoms with E-state index in [0.29, 0.717) is 28.6 Å². The number of nitrogens with one attached hydrogen (secondary N) is 2. The van der Waals surface area contributed by atoms with Gasteiger partial charge in [0.15, 0.2) is 11.3 Å². The molecule has 1 aliphatic heterocycles. The molecule has 1 aliphatic carbocycles. The first-order valence-corrected chi connectivity index (χ1v) is 13.0. The Balaban J connectivity index is 1.43. The Hall–Kier alpha value is -3.65. The van der Waals surface area contributed by atoms with E-state index in [9.17, 15) is 22.8 Å². The molecule has 4 atom stereocenters. The van der Waals surface area contributed by atoms with Crippen LogP contribution in [-0.2, 0) is 15.9 Å². The summed E-state index contributed by atoms with van der Waals surface area (Å²) in [6.07, 6.45) is -1.16. The molecule has 3 aromatic rings. The number of urea groups is 1. The van der Waals surface area contributed by atoms with Gasteiger partial charge in [-0.1, -0.05) is 18.1 Å². The van der Waals surface area contributed by atoms with Gasteiger partial charge in [-0.25, -0.2) is 9.78 Å². The van der Waals surface area contributed by atoms with Gasteiger partial charge in [-0.15, -0.1) is 0 Å². The Kier molecular flexibility index (Phi) is 7.73. The molecule has 0 spiro atoms. The van der Waals surface area contributed by atoms with Crippen molar-refractivity contribution < 1.29 is 41.2 Å². The molecule has 2 aromatic heterocycles. The van der Waals surface area contributed by atoms with E-state index in [0.717, 1.165) is 17.7 Å². The summed E-state index contributed by atoms with van der Waals surface area (Å²) in [5.74, 6) is -0.279. The number of ether oxygens (including phenoxy) is 2. The van der Waals surface area contributed by atoms with Crippen molar-refractivity contribution in [2.24, 2.45) is 0 Å². The third-order valence-corrected chi connectivity index (χ3v) is 7.04. The molecule has 40 heavy (non-hydrogen) atoms. The van der Waals surface area contributed by atoms with Crippen molar-refractivity contribution in [3.05, 3.63) is 47.2 Å². The number of amides is 3. The molecule has 2 fully saturated rings. The van der Waals surface area contributed by atoms with Gasteiger partial charge in [0, 0.05) is 12.7 Å². The summed E-state index contributed by atoms with van der Waals surface area (Å²) in [6, 6.07) is 0.535. The highest BCUT2D eigenvalue weighted by Crippen LogP contribution is 2.34. The number of nitrogens with zero attached hydrogens (tertiary/aromatic N) is 3. The molecule has 216 valence electrons. The van der Waals surface area contributed by atoms with Crippen molar-refractivity contribution in [1.29, 1.82) is 0 Å². The zero-order chi connectivity index (χ0) is 28.6. The van der Waals surface area contributed by atoms with Gasteiger partial charge >= 0.3 is 12.2 Å². The van der Waals surface area contributed by atoms with Crippen LogP contribution in [0.4, 0.5) is 18.0 Å². The minimum Gasteiger partial charge on any atom is -0.438 e. The molecule has 3 heterocycles. The Bertz CT molecular complexity index is 1370. The zero-order valence-corrected chi connectivity index (χ0v) is 22.2. The molecule has 0 bridgehead atoms. The second-order valence-corrected chi connectivity index (χ2v) is 9.98. The normalized spacial score (nSPS) is 20.0. The molecule has 1 aromatic carbocycles. The van der Waals surface area contributed by atoms with Gasteiger partial charge in [0.2, 0.25) is 5.89 Å². The predicted octanol–water partition coefficient (Wildman–Crippen LogP) is 4.06. The SMILES string of the molecule is CCc1conc1C(=O)NC(c1nc2cc(C(COC)N3CC(C(F)(F)F)NC3=O)ccc2o1)C(C)OC1CC1. The summed E-state index contributed by atoms with van der Waals surface area (Å²) in [6.45, 7) is 3.11. The second kappa shape index (κ2) is 11.1. The first-order chi connectivity index (χ1) is 19.1. The highest BCUT2D eigenvalue weighted by Gasteiger charge is 2.48. The Labute approximate surface area is 227 Å². The average molecular weight is 566 g/mol. The summed E-state index contributed by atoms with van der Waals surface area (Å²) < 4.78 is 62.1. The largest absolute Gasteiger partial charge is 0.438 e. The van der Waals surface area contributed by atoms with E-state index in [2.05, 4.69) is 15.5 Å². The summed E-state index contributed by atoms with van der Waals surface area (Å²) in [4.78, 5) is 31.2. The van der Waals surface area contributed by atoms with Crippen molar-refractivity contribution in [1.82, 2.24) is 25.7 Å². The van der Waals surface area contributed by atoms with E-state index < -0.39 is 48.9 Å². The number of carbonyl (C=O) groups excluding carboxylic acids is 2. The van der Waals surface area contributed by atoms with Gasteiger partial charge < -0.3 is 33.9 Å². The lowest BCUT2D eigenvalue weighted by Gasteiger charge is -2.27. The topological polar surface area (TPSA) is 132 Å². The van der Waals surface area contributed by atoms with Crippen LogP contribution in [0.5, 0.6) is 0 Å². The van der Waals surface area contributed by atoms with Crippen LogP contribution in [0.3, 0.4) is 0 Å². The van der Waals surface area contributed by atoms with E-state index in [1.807, 2.05) is 19.2 Å². The average Bonchev–Trinajstić information content (AvgIpc) is 3.29. The van der Waals surface area contributed by atoms with Crippen molar-refractivity contribution in [3.63, 3.8) is 0 Å². The molecular formula is C26H30F3N5O6. The van der Waals surface area contributed by atoms with Crippen LogP contribution in [0.15, 0.2) is 33.4 Å². The molecule has 0 radical (unpaired) electrons. The number of rotatable bonds is 11. The van der Waals surface area contributed by atoms with E-state index in [4.69, 9.17) is 18.4 Å². The van der Waals surface area contributed by atoms with E-state index in [-0.39, 0.29) is 24.3 Å². The smallest absolute Gasteiger partial charge is 0.410 e. The molecule has 11 nitrogen and oxygen atoms in total. The van der Waals surface area contributed by atoms with Crippen LogP contribution in [-0.4, -0.2) is 71.7 Å². The third kappa shape index (κ3) is 5.77. The van der Waals surface area contributed by atoms with Crippen molar-refractivity contribution >= 4 is 23.0 Å². The van der Waals surface area contributed by atoms with Crippen LogP contribution in [0.2, 0.25) is 0 Å². The minimum absolute atomic E-state index is 0.0311. The van der Waals surface area contributed by atoms with Gasteiger partial charge in [-0.2, -0.15) is 13.2 Å². The predicted molar refractivity (Wildman–Crippen MR) is 133 cm³/mol. The lowest BCUT2D eigenvalue weighted by molar-refractivity contribution is -0.150. The molecule has 14 heteroatoms. The van der Waals surface area contributed by atoms with E-state index in [1.165, 1.54) is 13.4 Å². The maximum absolute atomic E-state index is 13.3. The highest BCUT2D eigenvalue weighted by molar-refractivity contribution is 5.93. The Morgan fingerprint density at radius 1 is 1.32 bits per heavy atom. The number of aryl methyl sites for hydroxylation is 1. The third-order valence-electron chi connectivity index (χ3n) is 7.04. The molecule has 1 saturated heterocycles. The van der Waals surface area contributed by atoms with Crippen molar-refractivity contribution in [2.45, 2.75) is 69.6 Å². The highest BCUT2D eigenvalue weighted by atomic mass is 19.4. The molecular weight excluding hydrogens is 535 g/mol. The number of halogens is 3. The molecule has 2 aliphatic rings. The fourth-order valence-electron chi connectivity index (χ4n) is 4.71. The van der Waals surface area contributed by atoms with E-state index >= 15 is 0 Å². The number of carbonyl (C=O) groups is 2. The molecule has 5 rings (SSSR count). The van der Waals surface area contributed by atoms with Crippen LogP contribution in [0.1, 0.15) is 66.3 Å². The fraction of sp³-hybridized carbons (Fsp3) is 0.538. The number of fused-ring (bicyclic) bond motifs is 1. The summed E-state index contributed by atoms with van der Waals surface area (Å²) in [5, 5.41) is 8.71. The van der Waals surface area contributed by atoms with Crippen molar-refractivity contribution in [2.75, 3.05) is 20.3 Å². The summed E-state index contributed by atoms with van der Waals surface area (Å²) in [5.41, 5.74) is 2.12. The molecule has 2 N–H and O–H groups in total. The number of hydrogen-bond donors (Lipinski definition) is 2. The standard InChI is InChI=1S/C26H30F3N5O6/c1-4-14-11-38-33-22(14)23(35)32-21(13(2)39-16-6-7-16)24-30-17-9-15(5-8-19(17)40-24)18(12-37-3)34-10-20(26(27,28)29)31-25(34)36/h5,8-9,11,13,16,18,20-21H,4,6-7,10,12H2,1-3H3,(H,31,36)(H,32,35). The van der Waals surface area contributed by atoms with Gasteiger partial charge in [0.05, 0.1) is 31.4 Å². The number of alkyl halides is 3. The monoisotopic (exact) mass is 565 g/mol. The lowest BCUT2D eigenvalue weighted by atomic mass is 10.1. The number of hydrogen-bond acceptors (Lipinski definition) is 8. The van der Waals surface area contributed by atoms with Gasteiger partial charge in [-0.3, -0.25) is 4.79 Å². The zero-order valence-electron chi connectivity index (χ0n) is 22.2. The minimum atomic E-state index is -4.57. The molecule has 4 unspecified atom stereocenters. The summed E-state index contributed by atoms with van der Waals surface area (Å²) >= 11 is 0. The lowest BCUT2D eigenvalue weighted by Crippen LogP contribution is -2.40. The maximum atomic E-state index is 13.3. The van der Waals surface area contributed by atoms with Gasteiger partial charge in [0.1, 0.15) is 23.9 Å². The van der Waals surface area contributed by atoms with Crippen LogP contribution < -0.4 is 10.6 Å². The molecule has 1 saturated carbocycles. The van der Waals surface area contributed by atoms with Gasteiger partial charge in [0.25, 0.3) is 5.91 Å². The quantitative estimate of drug-likeness (QED) is 0.356. The number of aromatic nitrogens is 2. The number of oxazole rings is 1. The van der Waals surface area contributed by atoms with Gasteiger partial charge in [-0.05, 0) is 43.9 Å². The Morgan fingerprint density at radius 3 is 2.75 bits per heavy atom. The first-order valence-electron chi connectivity index (χ1n) is 13.0. The maximum Gasteiger partial charge on any atom is 0.410 e. The number of methoxy groups -OCH3 is 1. The van der Waals surface area contributed by atoms with Crippen molar-refractivity contribution in [3.8, 4) is 0 Å².